The summed E-state index contributed by atoms with van der Waals surface area (Å²) in [5, 5.41) is 13.7. The molecule has 2 aromatic rings. The number of carbonyl (C=O) groups excluding carboxylic acids is 1. The van der Waals surface area contributed by atoms with Gasteiger partial charge in [0.2, 0.25) is 16.0 Å². The van der Waals surface area contributed by atoms with Gasteiger partial charge in [0.15, 0.2) is 0 Å². The fourth-order valence-electron chi connectivity index (χ4n) is 1.41. The summed E-state index contributed by atoms with van der Waals surface area (Å²) in [6.45, 7) is 0. The van der Waals surface area contributed by atoms with Gasteiger partial charge in [-0.15, -0.1) is 5.10 Å². The van der Waals surface area contributed by atoms with E-state index in [0.29, 0.717) is 0 Å². The van der Waals surface area contributed by atoms with Gasteiger partial charge in [-0.1, -0.05) is 6.07 Å². The first-order valence-electron chi connectivity index (χ1n) is 5.41. The molecular formula is C10H12N6O3S. The fourth-order valence-corrected chi connectivity index (χ4v) is 1.97. The van der Waals surface area contributed by atoms with E-state index in [1.54, 1.807) is 7.05 Å². The van der Waals surface area contributed by atoms with Crippen LogP contribution in [0, 0.1) is 0 Å². The van der Waals surface area contributed by atoms with Crippen LogP contribution in [-0.2, 0) is 17.1 Å². The number of hydrogen-bond acceptors (Lipinski definition) is 5. The van der Waals surface area contributed by atoms with E-state index in [4.69, 9.17) is 5.14 Å². The van der Waals surface area contributed by atoms with Gasteiger partial charge in [0.1, 0.15) is 6.33 Å². The summed E-state index contributed by atoms with van der Waals surface area (Å²) in [4.78, 5) is 15.4. The molecule has 0 aliphatic rings. The third kappa shape index (κ3) is 3.52. The Morgan fingerprint density at radius 1 is 1.35 bits per heavy atom. The summed E-state index contributed by atoms with van der Waals surface area (Å²) in [5.74, 6) is 0.132. The summed E-state index contributed by atoms with van der Waals surface area (Å²) < 4.78 is 23.8. The predicted octanol–water partition coefficient (Wildman–Crippen LogP) is 0.106. The first kappa shape index (κ1) is 14.0. The van der Waals surface area contributed by atoms with Crippen LogP contribution >= 0.6 is 0 Å². The number of sulfonamides is 1. The molecule has 20 heavy (non-hydrogen) atoms. The first-order chi connectivity index (χ1) is 9.34. The van der Waals surface area contributed by atoms with Crippen molar-refractivity contribution in [2.75, 3.05) is 10.6 Å². The zero-order valence-electron chi connectivity index (χ0n) is 10.4. The Hall–Kier alpha value is -2.46. The number of aromatic nitrogens is 3. The summed E-state index contributed by atoms with van der Waals surface area (Å²) in [5.41, 5.74) is 0.282. The maximum absolute atomic E-state index is 11.7. The van der Waals surface area contributed by atoms with Gasteiger partial charge in [0.05, 0.1) is 4.90 Å². The van der Waals surface area contributed by atoms with Gasteiger partial charge in [-0.05, 0) is 18.2 Å². The van der Waals surface area contributed by atoms with Crippen LogP contribution in [-0.4, -0.2) is 29.2 Å². The molecule has 9 nitrogen and oxygen atoms in total. The highest BCUT2D eigenvalue weighted by Crippen LogP contribution is 2.14. The molecule has 0 saturated carbocycles. The fraction of sp³-hybridized carbons (Fsp3) is 0.100. The molecule has 0 atom stereocenters. The minimum Gasteiger partial charge on any atom is -0.308 e. The Kier molecular flexibility index (Phi) is 3.68. The Bertz CT molecular complexity index is 739. The summed E-state index contributed by atoms with van der Waals surface area (Å²) >= 11 is 0. The molecule has 1 aromatic carbocycles. The lowest BCUT2D eigenvalue weighted by Crippen LogP contribution is -2.20. The monoisotopic (exact) mass is 296 g/mol. The number of benzene rings is 1. The Labute approximate surface area is 114 Å². The van der Waals surface area contributed by atoms with Crippen LogP contribution < -0.4 is 15.8 Å². The van der Waals surface area contributed by atoms with Gasteiger partial charge in [-0.2, -0.15) is 0 Å². The van der Waals surface area contributed by atoms with Crippen LogP contribution in [0.5, 0.6) is 0 Å². The molecule has 1 heterocycles. The maximum atomic E-state index is 11.7. The molecule has 0 saturated heterocycles. The lowest BCUT2D eigenvalue weighted by atomic mass is 10.3. The third-order valence-electron chi connectivity index (χ3n) is 2.25. The normalized spacial score (nSPS) is 11.1. The predicted molar refractivity (Wildman–Crippen MR) is 71.5 cm³/mol. The number of carbonyl (C=O) groups is 1. The highest BCUT2D eigenvalue weighted by atomic mass is 32.2. The van der Waals surface area contributed by atoms with Crippen LogP contribution in [0.15, 0.2) is 35.5 Å². The molecule has 0 aliphatic heterocycles. The number of anilines is 2. The number of hydrogen-bond donors (Lipinski definition) is 3. The summed E-state index contributed by atoms with van der Waals surface area (Å²) in [7, 11) is -2.16. The van der Waals surface area contributed by atoms with Crippen LogP contribution in [0.1, 0.15) is 0 Å². The molecular weight excluding hydrogens is 284 g/mol. The SMILES string of the molecule is Cn1cnc(NC(=O)Nc2cccc(S(N)(=O)=O)c2)n1. The van der Waals surface area contributed by atoms with Crippen LogP contribution in [0.25, 0.3) is 0 Å². The van der Waals surface area contributed by atoms with Crippen molar-refractivity contribution in [1.82, 2.24) is 14.8 Å². The van der Waals surface area contributed by atoms with Crippen LogP contribution in [0.3, 0.4) is 0 Å². The van der Waals surface area contributed by atoms with Gasteiger partial charge in [-0.25, -0.2) is 23.3 Å². The third-order valence-corrected chi connectivity index (χ3v) is 3.16. The average molecular weight is 296 g/mol. The molecule has 0 unspecified atom stereocenters. The minimum atomic E-state index is -3.82. The average Bonchev–Trinajstić information content (AvgIpc) is 2.73. The highest BCUT2D eigenvalue weighted by Gasteiger charge is 2.10. The van der Waals surface area contributed by atoms with Gasteiger partial charge in [0.25, 0.3) is 0 Å². The van der Waals surface area contributed by atoms with Crippen molar-refractivity contribution in [3.63, 3.8) is 0 Å². The van der Waals surface area contributed by atoms with Gasteiger partial charge >= 0.3 is 6.03 Å². The number of nitrogens with zero attached hydrogens (tertiary/aromatic N) is 3. The van der Waals surface area contributed by atoms with Gasteiger partial charge in [0, 0.05) is 12.7 Å². The molecule has 0 fully saturated rings. The zero-order chi connectivity index (χ0) is 14.8. The number of urea groups is 1. The molecule has 106 valence electrons. The molecule has 0 bridgehead atoms. The Balaban J connectivity index is 2.08. The molecule has 0 aliphatic carbocycles. The van der Waals surface area contributed by atoms with Crippen molar-refractivity contribution in [3.8, 4) is 0 Å². The molecule has 4 N–H and O–H groups in total. The number of amides is 2. The quantitative estimate of drug-likeness (QED) is 0.739. The second kappa shape index (κ2) is 5.27. The largest absolute Gasteiger partial charge is 0.326 e. The molecule has 2 amide bonds. The highest BCUT2D eigenvalue weighted by molar-refractivity contribution is 7.89. The number of primary sulfonamides is 1. The zero-order valence-corrected chi connectivity index (χ0v) is 11.3. The van der Waals surface area contributed by atoms with E-state index < -0.39 is 16.1 Å². The molecule has 10 heteroatoms. The van der Waals surface area contributed by atoms with Crippen LogP contribution in [0.4, 0.5) is 16.4 Å². The molecule has 1 aromatic heterocycles. The van der Waals surface area contributed by atoms with Crippen molar-refractivity contribution >= 4 is 27.7 Å². The minimum absolute atomic E-state index is 0.0914. The molecule has 2 rings (SSSR count). The van der Waals surface area contributed by atoms with Crippen LogP contribution in [0.2, 0.25) is 0 Å². The smallest absolute Gasteiger partial charge is 0.308 e. The van der Waals surface area contributed by atoms with E-state index in [-0.39, 0.29) is 16.5 Å². The maximum Gasteiger partial charge on any atom is 0.326 e. The van der Waals surface area contributed by atoms with Crippen molar-refractivity contribution in [2.45, 2.75) is 4.90 Å². The van der Waals surface area contributed by atoms with E-state index in [0.717, 1.165) is 0 Å². The van der Waals surface area contributed by atoms with E-state index in [9.17, 15) is 13.2 Å². The van der Waals surface area contributed by atoms with E-state index >= 15 is 0 Å². The lowest BCUT2D eigenvalue weighted by molar-refractivity contribution is 0.262. The number of nitrogens with two attached hydrogens (primary N) is 1. The number of nitrogens with one attached hydrogen (secondary N) is 2. The van der Waals surface area contributed by atoms with Crippen molar-refractivity contribution in [1.29, 1.82) is 0 Å². The van der Waals surface area contributed by atoms with E-state index in [1.807, 2.05) is 0 Å². The molecule has 0 radical (unpaired) electrons. The standard InChI is InChI=1S/C10H12N6O3S/c1-16-6-12-9(15-16)14-10(17)13-7-3-2-4-8(5-7)20(11,18)19/h2-6H,1H3,(H2,11,18,19)(H2,13,14,15,17). The van der Waals surface area contributed by atoms with E-state index in [2.05, 4.69) is 20.7 Å². The lowest BCUT2D eigenvalue weighted by Gasteiger charge is -2.06. The van der Waals surface area contributed by atoms with Gasteiger partial charge < -0.3 is 5.32 Å². The van der Waals surface area contributed by atoms with Gasteiger partial charge in [-0.3, -0.25) is 10.00 Å². The number of aryl methyl sites for hydroxylation is 1. The summed E-state index contributed by atoms with van der Waals surface area (Å²) in [6.07, 6.45) is 1.43. The van der Waals surface area contributed by atoms with Crippen molar-refractivity contribution in [3.05, 3.63) is 30.6 Å². The Morgan fingerprint density at radius 3 is 2.70 bits per heavy atom. The Morgan fingerprint density at radius 2 is 2.10 bits per heavy atom. The van der Waals surface area contributed by atoms with Crippen molar-refractivity contribution in [2.24, 2.45) is 12.2 Å². The number of rotatable bonds is 3. The second-order valence-electron chi connectivity index (χ2n) is 3.89. The van der Waals surface area contributed by atoms with E-state index in [1.165, 1.54) is 35.3 Å². The topological polar surface area (TPSA) is 132 Å². The second-order valence-corrected chi connectivity index (χ2v) is 5.46. The molecule has 0 spiro atoms. The van der Waals surface area contributed by atoms with Crippen molar-refractivity contribution < 1.29 is 13.2 Å². The summed E-state index contributed by atoms with van der Waals surface area (Å²) in [6, 6.07) is 4.98. The first-order valence-corrected chi connectivity index (χ1v) is 6.96.